The molecule has 1 spiro atoms. The van der Waals surface area contributed by atoms with Crippen LogP contribution in [0, 0.1) is 5.41 Å². The fraction of sp³-hybridized carbons (Fsp3) is 1.00. The molecular weight excluding hydrogens is 224 g/mol. The van der Waals surface area contributed by atoms with E-state index in [1.165, 1.54) is 25.7 Å². The fourth-order valence-corrected chi connectivity index (χ4v) is 4.12. The van der Waals surface area contributed by atoms with Crippen molar-refractivity contribution in [3.05, 3.63) is 0 Å². The first-order valence-corrected chi connectivity index (χ1v) is 7.12. The van der Waals surface area contributed by atoms with Gasteiger partial charge in [0.2, 0.25) is 0 Å². The molecule has 0 amide bonds. The molecule has 3 aliphatic rings. The minimum Gasteiger partial charge on any atom is -0.381 e. The number of hydrogen-bond acceptors (Lipinski definition) is 2. The maximum Gasteiger partial charge on any atom is 0.0663 e. The van der Waals surface area contributed by atoms with E-state index in [9.17, 15) is 0 Å². The highest BCUT2D eigenvalue weighted by molar-refractivity contribution is 6.21. The molecular formula is C13H21ClO2. The first-order chi connectivity index (χ1) is 7.81. The Labute approximate surface area is 103 Å². The van der Waals surface area contributed by atoms with E-state index < -0.39 is 0 Å². The predicted molar refractivity (Wildman–Crippen MR) is 63.9 cm³/mol. The SMILES string of the molecule is ClC1CC(OC2CCOCC2)C12CCCC2. The average Bonchev–Trinajstić information content (AvgIpc) is 2.82. The maximum absolute atomic E-state index is 6.42. The third kappa shape index (κ3) is 1.79. The van der Waals surface area contributed by atoms with Crippen LogP contribution >= 0.6 is 11.6 Å². The Kier molecular flexibility index (Phi) is 3.16. The molecule has 2 atom stereocenters. The molecule has 0 aromatic heterocycles. The van der Waals surface area contributed by atoms with Crippen molar-refractivity contribution in [3.8, 4) is 0 Å². The first kappa shape index (κ1) is 11.3. The topological polar surface area (TPSA) is 18.5 Å². The molecule has 1 heterocycles. The Balaban J connectivity index is 1.58. The normalized spacial score (nSPS) is 38.8. The third-order valence-corrected chi connectivity index (χ3v) is 5.36. The second kappa shape index (κ2) is 4.47. The van der Waals surface area contributed by atoms with E-state index in [1.807, 2.05) is 0 Å². The molecule has 3 fully saturated rings. The number of alkyl halides is 1. The van der Waals surface area contributed by atoms with Gasteiger partial charge < -0.3 is 9.47 Å². The van der Waals surface area contributed by atoms with Gasteiger partial charge in [0.05, 0.1) is 12.2 Å². The molecule has 92 valence electrons. The van der Waals surface area contributed by atoms with E-state index >= 15 is 0 Å². The van der Waals surface area contributed by atoms with Crippen LogP contribution in [0.1, 0.15) is 44.9 Å². The largest absolute Gasteiger partial charge is 0.381 e. The Morgan fingerprint density at radius 3 is 2.44 bits per heavy atom. The molecule has 1 aliphatic heterocycles. The van der Waals surface area contributed by atoms with E-state index in [0.717, 1.165) is 32.5 Å². The lowest BCUT2D eigenvalue weighted by molar-refractivity contribution is -0.156. The van der Waals surface area contributed by atoms with Crippen molar-refractivity contribution in [1.82, 2.24) is 0 Å². The quantitative estimate of drug-likeness (QED) is 0.695. The number of rotatable bonds is 2. The highest BCUT2D eigenvalue weighted by Gasteiger charge is 2.56. The van der Waals surface area contributed by atoms with Crippen molar-refractivity contribution in [2.75, 3.05) is 13.2 Å². The van der Waals surface area contributed by atoms with Gasteiger partial charge in [-0.1, -0.05) is 12.8 Å². The minimum absolute atomic E-state index is 0.347. The van der Waals surface area contributed by atoms with Crippen molar-refractivity contribution in [3.63, 3.8) is 0 Å². The van der Waals surface area contributed by atoms with Crippen LogP contribution in [0.25, 0.3) is 0 Å². The zero-order chi connectivity index (χ0) is 11.0. The predicted octanol–water partition coefficient (Wildman–Crippen LogP) is 3.12. The zero-order valence-electron chi connectivity index (χ0n) is 9.79. The second-order valence-electron chi connectivity index (χ2n) is 5.58. The lowest BCUT2D eigenvalue weighted by atomic mass is 9.64. The monoisotopic (exact) mass is 244 g/mol. The number of hydrogen-bond donors (Lipinski definition) is 0. The third-order valence-electron chi connectivity index (χ3n) is 4.75. The Morgan fingerprint density at radius 2 is 1.81 bits per heavy atom. The van der Waals surface area contributed by atoms with Crippen molar-refractivity contribution in [2.45, 2.75) is 62.5 Å². The number of halogens is 1. The van der Waals surface area contributed by atoms with Crippen LogP contribution in [0.3, 0.4) is 0 Å². The molecule has 3 heteroatoms. The molecule has 0 radical (unpaired) electrons. The summed E-state index contributed by atoms with van der Waals surface area (Å²) < 4.78 is 11.6. The summed E-state index contributed by atoms with van der Waals surface area (Å²) in [5.74, 6) is 0. The standard InChI is InChI=1S/C13H21ClO2/c14-11-9-12(13(11)5-1-2-6-13)16-10-3-7-15-8-4-10/h10-12H,1-9H2. The average molecular weight is 245 g/mol. The van der Waals surface area contributed by atoms with Gasteiger partial charge >= 0.3 is 0 Å². The summed E-state index contributed by atoms with van der Waals surface area (Å²) in [7, 11) is 0. The summed E-state index contributed by atoms with van der Waals surface area (Å²) >= 11 is 6.42. The van der Waals surface area contributed by atoms with E-state index in [4.69, 9.17) is 21.1 Å². The molecule has 2 nitrogen and oxygen atoms in total. The Hall–Kier alpha value is 0.210. The van der Waals surface area contributed by atoms with Gasteiger partial charge in [-0.3, -0.25) is 0 Å². The smallest absolute Gasteiger partial charge is 0.0663 e. The van der Waals surface area contributed by atoms with Gasteiger partial charge in [-0.25, -0.2) is 0 Å². The van der Waals surface area contributed by atoms with Crippen molar-refractivity contribution in [1.29, 1.82) is 0 Å². The van der Waals surface area contributed by atoms with Crippen molar-refractivity contribution >= 4 is 11.6 Å². The molecule has 2 unspecified atom stereocenters. The highest BCUT2D eigenvalue weighted by Crippen LogP contribution is 2.57. The van der Waals surface area contributed by atoms with Gasteiger partial charge in [0.1, 0.15) is 0 Å². The van der Waals surface area contributed by atoms with Crippen LogP contribution < -0.4 is 0 Å². The summed E-state index contributed by atoms with van der Waals surface area (Å²) in [5, 5.41) is 0.375. The summed E-state index contributed by atoms with van der Waals surface area (Å²) in [5.41, 5.74) is 0.347. The van der Waals surface area contributed by atoms with E-state index in [2.05, 4.69) is 0 Å². The number of ether oxygens (including phenoxy) is 2. The molecule has 0 bridgehead atoms. The Bertz CT molecular complexity index is 244. The van der Waals surface area contributed by atoms with Gasteiger partial charge in [-0.05, 0) is 32.1 Å². The van der Waals surface area contributed by atoms with Crippen molar-refractivity contribution < 1.29 is 9.47 Å². The van der Waals surface area contributed by atoms with Crippen molar-refractivity contribution in [2.24, 2.45) is 5.41 Å². The molecule has 2 aliphatic carbocycles. The van der Waals surface area contributed by atoms with E-state index in [0.29, 0.717) is 23.0 Å². The first-order valence-electron chi connectivity index (χ1n) is 6.68. The van der Waals surface area contributed by atoms with Gasteiger partial charge in [0.15, 0.2) is 0 Å². The van der Waals surface area contributed by atoms with Gasteiger partial charge in [0, 0.05) is 24.0 Å². The minimum atomic E-state index is 0.347. The van der Waals surface area contributed by atoms with Crippen LogP contribution in [0.15, 0.2) is 0 Å². The summed E-state index contributed by atoms with van der Waals surface area (Å²) in [6.45, 7) is 1.74. The Morgan fingerprint density at radius 1 is 1.12 bits per heavy atom. The van der Waals surface area contributed by atoms with E-state index in [-0.39, 0.29) is 0 Å². The molecule has 1 saturated heterocycles. The van der Waals surface area contributed by atoms with Crippen LogP contribution in [0.5, 0.6) is 0 Å². The summed E-state index contributed by atoms with van der Waals surface area (Å²) in [6.07, 6.45) is 9.34. The van der Waals surface area contributed by atoms with E-state index in [1.54, 1.807) is 0 Å². The fourth-order valence-electron chi connectivity index (χ4n) is 3.60. The zero-order valence-corrected chi connectivity index (χ0v) is 10.5. The van der Waals surface area contributed by atoms with Crippen LogP contribution in [-0.2, 0) is 9.47 Å². The van der Waals surface area contributed by atoms with Crippen LogP contribution in [-0.4, -0.2) is 30.8 Å². The highest BCUT2D eigenvalue weighted by atomic mass is 35.5. The van der Waals surface area contributed by atoms with Crippen LogP contribution in [0.4, 0.5) is 0 Å². The molecule has 0 N–H and O–H groups in total. The lowest BCUT2D eigenvalue weighted by Crippen LogP contribution is -2.55. The maximum atomic E-state index is 6.42. The molecule has 0 aromatic rings. The van der Waals surface area contributed by atoms with Gasteiger partial charge in [-0.2, -0.15) is 0 Å². The summed E-state index contributed by atoms with van der Waals surface area (Å²) in [6, 6.07) is 0. The summed E-state index contributed by atoms with van der Waals surface area (Å²) in [4.78, 5) is 0. The van der Waals surface area contributed by atoms with Gasteiger partial charge in [0.25, 0.3) is 0 Å². The van der Waals surface area contributed by atoms with Gasteiger partial charge in [-0.15, -0.1) is 11.6 Å². The molecule has 0 aromatic carbocycles. The lowest BCUT2D eigenvalue weighted by Gasteiger charge is -2.52. The molecule has 16 heavy (non-hydrogen) atoms. The second-order valence-corrected chi connectivity index (χ2v) is 6.11. The molecule has 2 saturated carbocycles. The molecule has 3 rings (SSSR count). The van der Waals surface area contributed by atoms with Crippen LogP contribution in [0.2, 0.25) is 0 Å².